The summed E-state index contributed by atoms with van der Waals surface area (Å²) in [5.41, 5.74) is 1.02. The molecule has 2 saturated heterocycles. The number of carbonyl (C=O) groups is 1. The Morgan fingerprint density at radius 1 is 1.19 bits per heavy atom. The van der Waals surface area contributed by atoms with E-state index in [9.17, 15) is 9.18 Å². The lowest BCUT2D eigenvalue weighted by Crippen LogP contribution is -2.41. The summed E-state index contributed by atoms with van der Waals surface area (Å²) in [6, 6.07) is 7.90. The molecule has 2 aliphatic rings. The van der Waals surface area contributed by atoms with Crippen LogP contribution in [-0.4, -0.2) is 60.7 Å². The quantitative estimate of drug-likeness (QED) is 0.427. The minimum atomic E-state index is -0.435. The molecule has 3 aromatic rings. The number of benzene rings is 2. The van der Waals surface area contributed by atoms with Gasteiger partial charge >= 0.3 is 0 Å². The maximum atomic E-state index is 14.3. The van der Waals surface area contributed by atoms with Crippen molar-refractivity contribution in [3.63, 3.8) is 0 Å². The van der Waals surface area contributed by atoms with Gasteiger partial charge in [-0.1, -0.05) is 11.6 Å². The fourth-order valence-electron chi connectivity index (χ4n) is 4.98. The highest BCUT2D eigenvalue weighted by Gasteiger charge is 2.40. The first kappa shape index (κ1) is 24.5. The van der Waals surface area contributed by atoms with Gasteiger partial charge in [0.1, 0.15) is 18.0 Å². The van der Waals surface area contributed by atoms with E-state index < -0.39 is 5.82 Å². The summed E-state index contributed by atoms with van der Waals surface area (Å²) in [5.74, 6) is 1.33. The number of fused-ring (bicyclic) bond motifs is 1. The fourth-order valence-corrected chi connectivity index (χ4v) is 5.16. The maximum Gasteiger partial charge on any atom is 0.220 e. The number of anilines is 2. The lowest BCUT2D eigenvalue weighted by molar-refractivity contribution is -0.119. The molecular weight excluding hydrogens is 485 g/mol. The average Bonchev–Trinajstić information content (AvgIpc) is 3.24. The number of methoxy groups -OCH3 is 1. The van der Waals surface area contributed by atoms with Gasteiger partial charge in [0.25, 0.3) is 0 Å². The second-order valence-electron chi connectivity index (χ2n) is 9.49. The van der Waals surface area contributed by atoms with Crippen molar-refractivity contribution in [3.8, 4) is 11.5 Å². The van der Waals surface area contributed by atoms with Crippen LogP contribution < -0.4 is 20.1 Å². The maximum absolute atomic E-state index is 14.3. The number of nitrogens with one attached hydrogen (secondary N) is 2. The Bertz CT molecular complexity index is 1270. The number of aromatic nitrogens is 2. The highest BCUT2D eigenvalue weighted by Crippen LogP contribution is 2.38. The van der Waals surface area contributed by atoms with Gasteiger partial charge in [0.15, 0.2) is 11.5 Å². The van der Waals surface area contributed by atoms with Crippen molar-refractivity contribution in [2.24, 2.45) is 5.41 Å². The van der Waals surface area contributed by atoms with Gasteiger partial charge in [-0.25, -0.2) is 14.4 Å². The van der Waals surface area contributed by atoms with E-state index >= 15 is 0 Å². The lowest BCUT2D eigenvalue weighted by atomic mass is 9.77. The highest BCUT2D eigenvalue weighted by molar-refractivity contribution is 6.30. The van der Waals surface area contributed by atoms with Crippen LogP contribution in [0.25, 0.3) is 10.9 Å². The van der Waals surface area contributed by atoms with Crippen molar-refractivity contribution in [1.82, 2.24) is 20.2 Å². The normalized spacial score (nSPS) is 17.4. The van der Waals surface area contributed by atoms with Crippen molar-refractivity contribution in [1.29, 1.82) is 0 Å². The van der Waals surface area contributed by atoms with Crippen LogP contribution in [0.5, 0.6) is 11.5 Å². The van der Waals surface area contributed by atoms with Crippen LogP contribution in [0.4, 0.5) is 15.9 Å². The lowest BCUT2D eigenvalue weighted by Gasteiger charge is -2.38. The molecule has 2 N–H and O–H groups in total. The van der Waals surface area contributed by atoms with Gasteiger partial charge < -0.3 is 25.0 Å². The SMILES string of the molecule is COc1cc2ncnc(Nc3cc(Cl)ccc3F)c2cc1OCCCN1CCC2(CC1)CNC(=O)C2. The zero-order chi connectivity index (χ0) is 25.1. The number of carbonyl (C=O) groups excluding carboxylic acids is 1. The standard InChI is InChI=1S/C26H29ClFN5O3/c1-35-22-13-20-18(25(31-16-30-20)32-21-11-17(27)3-4-19(21)28)12-23(22)36-10-2-7-33-8-5-26(6-9-33)14-24(34)29-15-26/h3-4,11-13,16H,2,5-10,14-15H2,1H3,(H,29,34)(H,30,31,32). The van der Waals surface area contributed by atoms with E-state index in [0.717, 1.165) is 45.4 Å². The number of halogens is 2. The van der Waals surface area contributed by atoms with Crippen LogP contribution in [0.15, 0.2) is 36.7 Å². The number of nitrogens with zero attached hydrogens (tertiary/aromatic N) is 3. The molecule has 5 rings (SSSR count). The zero-order valence-electron chi connectivity index (χ0n) is 20.2. The second kappa shape index (κ2) is 10.4. The Morgan fingerprint density at radius 3 is 2.78 bits per heavy atom. The number of hydrogen-bond acceptors (Lipinski definition) is 7. The molecule has 190 valence electrons. The van der Waals surface area contributed by atoms with E-state index in [-0.39, 0.29) is 17.0 Å². The van der Waals surface area contributed by atoms with Crippen molar-refractivity contribution in [2.75, 3.05) is 45.2 Å². The van der Waals surface area contributed by atoms with Crippen molar-refractivity contribution in [3.05, 3.63) is 47.5 Å². The molecule has 0 saturated carbocycles. The van der Waals surface area contributed by atoms with Crippen molar-refractivity contribution in [2.45, 2.75) is 25.7 Å². The first-order valence-corrected chi connectivity index (χ1v) is 12.5. The molecule has 0 aliphatic carbocycles. The molecule has 0 radical (unpaired) electrons. The third kappa shape index (κ3) is 5.32. The van der Waals surface area contributed by atoms with E-state index in [1.54, 1.807) is 13.2 Å². The summed E-state index contributed by atoms with van der Waals surface area (Å²) in [7, 11) is 1.59. The van der Waals surface area contributed by atoms with Crippen LogP contribution in [0, 0.1) is 11.2 Å². The van der Waals surface area contributed by atoms with Gasteiger partial charge in [-0.05, 0) is 62.0 Å². The molecule has 36 heavy (non-hydrogen) atoms. The minimum Gasteiger partial charge on any atom is -0.493 e. The molecule has 2 aromatic carbocycles. The minimum absolute atomic E-state index is 0.157. The van der Waals surface area contributed by atoms with Crippen LogP contribution in [0.2, 0.25) is 5.02 Å². The van der Waals surface area contributed by atoms with E-state index in [2.05, 4.69) is 25.5 Å². The van der Waals surface area contributed by atoms with Crippen molar-refractivity contribution >= 4 is 39.9 Å². The Labute approximate surface area is 214 Å². The van der Waals surface area contributed by atoms with Crippen LogP contribution in [0.1, 0.15) is 25.7 Å². The Kier molecular flexibility index (Phi) is 7.11. The third-order valence-corrected chi connectivity index (χ3v) is 7.33. The van der Waals surface area contributed by atoms with Gasteiger partial charge in [-0.15, -0.1) is 0 Å². The summed E-state index contributed by atoms with van der Waals surface area (Å²) in [4.78, 5) is 22.7. The first-order chi connectivity index (χ1) is 17.4. The zero-order valence-corrected chi connectivity index (χ0v) is 20.9. The van der Waals surface area contributed by atoms with Crippen LogP contribution >= 0.6 is 11.6 Å². The summed E-state index contributed by atoms with van der Waals surface area (Å²) in [5, 5.41) is 7.09. The molecule has 0 unspecified atom stereocenters. The van der Waals surface area contributed by atoms with Crippen LogP contribution in [0.3, 0.4) is 0 Å². The van der Waals surface area contributed by atoms with Gasteiger partial charge in [0.05, 0.1) is 24.9 Å². The highest BCUT2D eigenvalue weighted by atomic mass is 35.5. The number of piperidine rings is 1. The van der Waals surface area contributed by atoms with E-state index in [4.69, 9.17) is 21.1 Å². The largest absolute Gasteiger partial charge is 0.493 e. The molecule has 3 heterocycles. The van der Waals surface area contributed by atoms with E-state index in [0.29, 0.717) is 46.3 Å². The number of likely N-dealkylation sites (tertiary alicyclic amines) is 1. The predicted molar refractivity (Wildman–Crippen MR) is 137 cm³/mol. The van der Waals surface area contributed by atoms with Crippen LogP contribution in [-0.2, 0) is 4.79 Å². The van der Waals surface area contributed by atoms with Gasteiger partial charge in [-0.3, -0.25) is 4.79 Å². The van der Waals surface area contributed by atoms with E-state index in [1.807, 2.05) is 6.07 Å². The smallest absolute Gasteiger partial charge is 0.220 e. The third-order valence-electron chi connectivity index (χ3n) is 7.09. The summed E-state index contributed by atoms with van der Waals surface area (Å²) >= 11 is 6.03. The molecule has 8 nitrogen and oxygen atoms in total. The van der Waals surface area contributed by atoms with Gasteiger partial charge in [-0.2, -0.15) is 0 Å². The molecular formula is C26H29ClFN5O3. The summed E-state index contributed by atoms with van der Waals surface area (Å²) in [6.45, 7) is 4.26. The molecule has 1 aromatic heterocycles. The molecule has 1 amide bonds. The molecule has 0 atom stereocenters. The summed E-state index contributed by atoms with van der Waals surface area (Å²) < 4.78 is 25.9. The summed E-state index contributed by atoms with van der Waals surface area (Å²) in [6.07, 6.45) is 5.03. The number of hydrogen-bond donors (Lipinski definition) is 2. The Balaban J connectivity index is 1.23. The second-order valence-corrected chi connectivity index (χ2v) is 9.93. The molecule has 2 aliphatic heterocycles. The van der Waals surface area contributed by atoms with Gasteiger partial charge in [0, 0.05) is 36.0 Å². The molecule has 1 spiro atoms. The Hall–Kier alpha value is -3.17. The van der Waals surface area contributed by atoms with Gasteiger partial charge in [0.2, 0.25) is 5.91 Å². The monoisotopic (exact) mass is 513 g/mol. The van der Waals surface area contributed by atoms with Crippen molar-refractivity contribution < 1.29 is 18.7 Å². The number of ether oxygens (including phenoxy) is 2. The number of amides is 1. The predicted octanol–water partition coefficient (Wildman–Crippen LogP) is 4.55. The Morgan fingerprint density at radius 2 is 2.03 bits per heavy atom. The first-order valence-electron chi connectivity index (χ1n) is 12.1. The average molecular weight is 514 g/mol. The topological polar surface area (TPSA) is 88.6 Å². The number of rotatable bonds is 8. The molecule has 2 fully saturated rings. The van der Waals surface area contributed by atoms with E-state index in [1.165, 1.54) is 24.5 Å². The molecule has 10 heteroatoms. The fraction of sp³-hybridized carbons (Fsp3) is 0.423. The molecule has 0 bridgehead atoms.